The Labute approximate surface area is 75.1 Å². The Kier molecular flexibility index (Phi) is 2.73. The minimum Gasteiger partial charge on any atom is -0.364 e. The second-order valence-corrected chi connectivity index (χ2v) is 3.86. The van der Waals surface area contributed by atoms with Crippen LogP contribution in [0.3, 0.4) is 0 Å². The van der Waals surface area contributed by atoms with Crippen molar-refractivity contribution in [1.82, 2.24) is 0 Å². The molecule has 0 bridgehead atoms. The van der Waals surface area contributed by atoms with Gasteiger partial charge in [-0.05, 0) is 33.1 Å². The van der Waals surface area contributed by atoms with Crippen LogP contribution in [-0.4, -0.2) is 11.7 Å². The Hall–Kier alpha value is -0.560. The molecule has 1 saturated heterocycles. The third-order valence-corrected chi connectivity index (χ3v) is 2.53. The van der Waals surface area contributed by atoms with Crippen molar-refractivity contribution in [2.75, 3.05) is 0 Å². The van der Waals surface area contributed by atoms with E-state index in [2.05, 4.69) is 20.1 Å². The molecule has 0 amide bonds. The summed E-state index contributed by atoms with van der Waals surface area (Å²) < 4.78 is 5.87. The topological polar surface area (TPSA) is 9.23 Å². The Morgan fingerprint density at radius 2 is 2.33 bits per heavy atom. The first-order valence-corrected chi connectivity index (χ1v) is 4.54. The molecule has 1 aliphatic heterocycles. The third-order valence-electron chi connectivity index (χ3n) is 2.53. The fraction of sp³-hybridized carbons (Fsp3) is 0.636. The van der Waals surface area contributed by atoms with Crippen LogP contribution in [-0.2, 0) is 4.74 Å². The molecule has 0 spiro atoms. The molecule has 0 N–H and O–H groups in total. The van der Waals surface area contributed by atoms with Crippen molar-refractivity contribution >= 4 is 0 Å². The van der Waals surface area contributed by atoms with Gasteiger partial charge >= 0.3 is 0 Å². The Morgan fingerprint density at radius 3 is 2.83 bits per heavy atom. The van der Waals surface area contributed by atoms with Gasteiger partial charge in [0.2, 0.25) is 0 Å². The molecule has 1 aliphatic rings. The van der Waals surface area contributed by atoms with Crippen LogP contribution in [0.5, 0.6) is 0 Å². The van der Waals surface area contributed by atoms with Crippen LogP contribution in [0.25, 0.3) is 0 Å². The summed E-state index contributed by atoms with van der Waals surface area (Å²) in [4.78, 5) is 0. The van der Waals surface area contributed by atoms with Crippen LogP contribution in [0.4, 0.5) is 0 Å². The maximum atomic E-state index is 5.87. The molecule has 0 unspecified atom stereocenters. The van der Waals surface area contributed by atoms with Gasteiger partial charge in [0.25, 0.3) is 0 Å². The molecule has 2 atom stereocenters. The van der Waals surface area contributed by atoms with Crippen molar-refractivity contribution < 1.29 is 4.74 Å². The molecule has 0 saturated carbocycles. The van der Waals surface area contributed by atoms with Crippen molar-refractivity contribution in [2.45, 2.75) is 44.8 Å². The predicted molar refractivity (Wildman–Crippen MR) is 52.1 cm³/mol. The molecule has 1 rings (SSSR count). The second kappa shape index (κ2) is 3.44. The van der Waals surface area contributed by atoms with Crippen molar-refractivity contribution in [3.05, 3.63) is 24.8 Å². The van der Waals surface area contributed by atoms with Crippen LogP contribution in [0.1, 0.15) is 33.1 Å². The zero-order chi connectivity index (χ0) is 9.19. The SMILES string of the molecule is C=C[C@]1(C)CCC[C@@H](C(=C)C)O1. The van der Waals surface area contributed by atoms with E-state index in [0.29, 0.717) is 0 Å². The molecule has 0 aromatic carbocycles. The quantitative estimate of drug-likeness (QED) is 0.573. The summed E-state index contributed by atoms with van der Waals surface area (Å²) in [5.74, 6) is 0. The highest BCUT2D eigenvalue weighted by molar-refractivity contribution is 5.05. The number of ether oxygens (including phenoxy) is 1. The first-order chi connectivity index (χ1) is 5.57. The lowest BCUT2D eigenvalue weighted by molar-refractivity contribution is -0.0710. The van der Waals surface area contributed by atoms with Gasteiger partial charge in [0.05, 0.1) is 11.7 Å². The molecule has 12 heavy (non-hydrogen) atoms. The normalized spacial score (nSPS) is 36.0. The molecule has 0 aromatic rings. The first kappa shape index (κ1) is 9.53. The lowest BCUT2D eigenvalue weighted by Crippen LogP contribution is -2.36. The average Bonchev–Trinajstić information content (AvgIpc) is 2.05. The minimum atomic E-state index is -0.123. The minimum absolute atomic E-state index is 0.123. The largest absolute Gasteiger partial charge is 0.364 e. The second-order valence-electron chi connectivity index (χ2n) is 3.86. The predicted octanol–water partition coefficient (Wildman–Crippen LogP) is 3.08. The molecule has 0 aromatic heterocycles. The van der Waals surface area contributed by atoms with Crippen molar-refractivity contribution in [3.8, 4) is 0 Å². The van der Waals surface area contributed by atoms with Gasteiger partial charge in [-0.1, -0.05) is 18.2 Å². The van der Waals surface area contributed by atoms with Crippen LogP contribution in [0.2, 0.25) is 0 Å². The van der Waals surface area contributed by atoms with Gasteiger partial charge in [0.15, 0.2) is 0 Å². The number of hydrogen-bond acceptors (Lipinski definition) is 1. The van der Waals surface area contributed by atoms with E-state index in [-0.39, 0.29) is 11.7 Å². The first-order valence-electron chi connectivity index (χ1n) is 4.54. The summed E-state index contributed by atoms with van der Waals surface area (Å²) in [6.07, 6.45) is 5.54. The Morgan fingerprint density at radius 1 is 1.67 bits per heavy atom. The smallest absolute Gasteiger partial charge is 0.0840 e. The lowest BCUT2D eigenvalue weighted by atomic mass is 9.91. The van der Waals surface area contributed by atoms with E-state index in [9.17, 15) is 0 Å². The summed E-state index contributed by atoms with van der Waals surface area (Å²) in [6.45, 7) is 11.8. The monoisotopic (exact) mass is 166 g/mol. The van der Waals surface area contributed by atoms with E-state index >= 15 is 0 Å². The molecular formula is C11H18O. The van der Waals surface area contributed by atoms with Gasteiger partial charge in [-0.3, -0.25) is 0 Å². The average molecular weight is 166 g/mol. The highest BCUT2D eigenvalue weighted by Crippen LogP contribution is 2.31. The number of hydrogen-bond donors (Lipinski definition) is 0. The third kappa shape index (κ3) is 1.98. The zero-order valence-corrected chi connectivity index (χ0v) is 8.10. The Bertz CT molecular complexity index is 195. The summed E-state index contributed by atoms with van der Waals surface area (Å²) in [5, 5.41) is 0. The Balaban J connectivity index is 2.62. The summed E-state index contributed by atoms with van der Waals surface area (Å²) >= 11 is 0. The van der Waals surface area contributed by atoms with E-state index < -0.39 is 0 Å². The van der Waals surface area contributed by atoms with Gasteiger partial charge < -0.3 is 4.74 Å². The van der Waals surface area contributed by atoms with E-state index in [4.69, 9.17) is 4.74 Å². The van der Waals surface area contributed by atoms with Crippen molar-refractivity contribution in [1.29, 1.82) is 0 Å². The van der Waals surface area contributed by atoms with Gasteiger partial charge in [0.1, 0.15) is 0 Å². The molecule has 1 fully saturated rings. The molecule has 0 aliphatic carbocycles. The van der Waals surface area contributed by atoms with Crippen LogP contribution < -0.4 is 0 Å². The molecule has 1 heteroatoms. The van der Waals surface area contributed by atoms with Gasteiger partial charge in [0, 0.05) is 0 Å². The van der Waals surface area contributed by atoms with Crippen LogP contribution in [0, 0.1) is 0 Å². The summed E-state index contributed by atoms with van der Waals surface area (Å²) in [7, 11) is 0. The molecular weight excluding hydrogens is 148 g/mol. The highest BCUT2D eigenvalue weighted by Gasteiger charge is 2.30. The summed E-state index contributed by atoms with van der Waals surface area (Å²) in [6, 6.07) is 0. The zero-order valence-electron chi connectivity index (χ0n) is 8.10. The standard InChI is InChI=1S/C11H18O/c1-5-11(4)8-6-7-10(12-11)9(2)3/h5,10H,1-2,6-8H2,3-4H3/t10-,11+/m0/s1. The highest BCUT2D eigenvalue weighted by atomic mass is 16.5. The fourth-order valence-corrected chi connectivity index (χ4v) is 1.58. The van der Waals surface area contributed by atoms with E-state index in [0.717, 1.165) is 18.4 Å². The molecule has 0 radical (unpaired) electrons. The van der Waals surface area contributed by atoms with Gasteiger partial charge in [-0.15, -0.1) is 6.58 Å². The molecule has 68 valence electrons. The maximum absolute atomic E-state index is 5.87. The number of rotatable bonds is 2. The van der Waals surface area contributed by atoms with E-state index in [1.807, 2.05) is 13.0 Å². The van der Waals surface area contributed by atoms with Crippen LogP contribution >= 0.6 is 0 Å². The molecule has 1 heterocycles. The van der Waals surface area contributed by atoms with Gasteiger partial charge in [-0.25, -0.2) is 0 Å². The van der Waals surface area contributed by atoms with E-state index in [1.54, 1.807) is 0 Å². The molecule has 1 nitrogen and oxygen atoms in total. The van der Waals surface area contributed by atoms with Crippen molar-refractivity contribution in [3.63, 3.8) is 0 Å². The van der Waals surface area contributed by atoms with Crippen molar-refractivity contribution in [2.24, 2.45) is 0 Å². The maximum Gasteiger partial charge on any atom is 0.0840 e. The lowest BCUT2D eigenvalue weighted by Gasteiger charge is -2.36. The summed E-state index contributed by atoms with van der Waals surface area (Å²) in [5.41, 5.74) is 1.00. The fourth-order valence-electron chi connectivity index (χ4n) is 1.58. The van der Waals surface area contributed by atoms with E-state index in [1.165, 1.54) is 6.42 Å². The van der Waals surface area contributed by atoms with Gasteiger partial charge in [-0.2, -0.15) is 0 Å². The van der Waals surface area contributed by atoms with Crippen LogP contribution in [0.15, 0.2) is 24.8 Å².